The number of carbonyl (C=O) groups is 1. The maximum atomic E-state index is 10.9. The van der Waals surface area contributed by atoms with Gasteiger partial charge in [-0.2, -0.15) is 0 Å². The fourth-order valence-electron chi connectivity index (χ4n) is 1.29. The van der Waals surface area contributed by atoms with Crippen LogP contribution in [-0.2, 0) is 4.79 Å². The van der Waals surface area contributed by atoms with E-state index in [0.29, 0.717) is 17.1 Å². The molecule has 0 aliphatic heterocycles. The van der Waals surface area contributed by atoms with Gasteiger partial charge in [0.2, 0.25) is 0 Å². The molecule has 80 valence electrons. The second kappa shape index (κ2) is 4.02. The monoisotopic (exact) mass is 214 g/mol. The van der Waals surface area contributed by atoms with Crippen LogP contribution in [0.4, 0.5) is 11.4 Å². The molecular formula is C12H10N2O2. The summed E-state index contributed by atoms with van der Waals surface area (Å²) < 4.78 is 0. The standard InChI is InChI=1S/C12H10N2O2/c13-8-1-6-12(16)11(7-8)14-9-2-4-10(15)5-3-9/h1-7,16H,13H2. The van der Waals surface area contributed by atoms with Crippen LogP contribution in [0.15, 0.2) is 47.5 Å². The number of rotatable bonds is 1. The molecule has 1 aromatic rings. The lowest BCUT2D eigenvalue weighted by Gasteiger charge is -2.02. The van der Waals surface area contributed by atoms with Crippen molar-refractivity contribution in [2.24, 2.45) is 4.99 Å². The van der Waals surface area contributed by atoms with Gasteiger partial charge in [0.15, 0.2) is 5.78 Å². The lowest BCUT2D eigenvalue weighted by atomic mass is 10.1. The predicted molar refractivity (Wildman–Crippen MR) is 62.9 cm³/mol. The maximum absolute atomic E-state index is 10.9. The van der Waals surface area contributed by atoms with Gasteiger partial charge in [0.25, 0.3) is 0 Å². The van der Waals surface area contributed by atoms with Gasteiger partial charge in [0.05, 0.1) is 5.71 Å². The number of aromatic hydroxyl groups is 1. The zero-order valence-electron chi connectivity index (χ0n) is 8.42. The molecule has 1 aromatic carbocycles. The number of allylic oxidation sites excluding steroid dienone is 4. The molecule has 3 N–H and O–H groups in total. The topological polar surface area (TPSA) is 75.7 Å². The van der Waals surface area contributed by atoms with Gasteiger partial charge in [-0.3, -0.25) is 4.79 Å². The number of hydrogen-bond acceptors (Lipinski definition) is 4. The second-order valence-corrected chi connectivity index (χ2v) is 3.35. The molecule has 0 bridgehead atoms. The average Bonchev–Trinajstić information content (AvgIpc) is 2.27. The summed E-state index contributed by atoms with van der Waals surface area (Å²) in [6.45, 7) is 0. The van der Waals surface area contributed by atoms with Crippen molar-refractivity contribution in [1.29, 1.82) is 0 Å². The molecule has 0 spiro atoms. The molecule has 0 radical (unpaired) electrons. The highest BCUT2D eigenvalue weighted by Crippen LogP contribution is 2.28. The van der Waals surface area contributed by atoms with Crippen molar-refractivity contribution >= 4 is 22.9 Å². The van der Waals surface area contributed by atoms with E-state index in [9.17, 15) is 9.90 Å². The van der Waals surface area contributed by atoms with Crippen molar-refractivity contribution in [3.05, 3.63) is 42.5 Å². The largest absolute Gasteiger partial charge is 0.506 e. The average molecular weight is 214 g/mol. The Morgan fingerprint density at radius 3 is 2.50 bits per heavy atom. The van der Waals surface area contributed by atoms with Crippen LogP contribution in [0.1, 0.15) is 0 Å². The van der Waals surface area contributed by atoms with Crippen LogP contribution < -0.4 is 5.73 Å². The summed E-state index contributed by atoms with van der Waals surface area (Å²) in [6.07, 6.45) is 6.01. The molecule has 0 atom stereocenters. The van der Waals surface area contributed by atoms with E-state index in [4.69, 9.17) is 5.73 Å². The van der Waals surface area contributed by atoms with E-state index < -0.39 is 0 Å². The smallest absolute Gasteiger partial charge is 0.178 e. The number of phenolic OH excluding ortho intramolecular Hbond substituents is 1. The number of aliphatic imine (C=N–C) groups is 1. The Kier molecular flexibility index (Phi) is 2.55. The molecule has 0 heterocycles. The van der Waals surface area contributed by atoms with Gasteiger partial charge in [-0.25, -0.2) is 4.99 Å². The van der Waals surface area contributed by atoms with Crippen molar-refractivity contribution in [3.8, 4) is 5.75 Å². The number of ketones is 1. The van der Waals surface area contributed by atoms with E-state index >= 15 is 0 Å². The Labute approximate surface area is 92.4 Å². The van der Waals surface area contributed by atoms with Gasteiger partial charge >= 0.3 is 0 Å². The molecule has 0 fully saturated rings. The molecule has 1 aliphatic rings. The predicted octanol–water partition coefficient (Wildman–Crippen LogP) is 1.74. The minimum Gasteiger partial charge on any atom is -0.506 e. The molecular weight excluding hydrogens is 204 g/mol. The summed E-state index contributed by atoms with van der Waals surface area (Å²) in [7, 11) is 0. The Balaban J connectivity index is 2.36. The van der Waals surface area contributed by atoms with Crippen LogP contribution in [0.5, 0.6) is 5.75 Å². The lowest BCUT2D eigenvalue weighted by Crippen LogP contribution is -1.98. The van der Waals surface area contributed by atoms with E-state index in [-0.39, 0.29) is 11.5 Å². The molecule has 0 unspecified atom stereocenters. The molecule has 2 rings (SSSR count). The number of nitrogen functional groups attached to an aromatic ring is 1. The van der Waals surface area contributed by atoms with Crippen LogP contribution in [0, 0.1) is 0 Å². The summed E-state index contributed by atoms with van der Waals surface area (Å²) in [5.74, 6) is -0.0175. The first-order valence-electron chi connectivity index (χ1n) is 4.72. The number of hydrogen-bond donors (Lipinski definition) is 2. The van der Waals surface area contributed by atoms with Crippen LogP contribution in [0.25, 0.3) is 0 Å². The molecule has 0 aromatic heterocycles. The molecule has 4 heteroatoms. The van der Waals surface area contributed by atoms with E-state index in [0.717, 1.165) is 0 Å². The Bertz CT molecular complexity index is 510. The van der Waals surface area contributed by atoms with Gasteiger partial charge < -0.3 is 10.8 Å². The zero-order valence-corrected chi connectivity index (χ0v) is 8.42. The summed E-state index contributed by atoms with van der Waals surface area (Å²) in [5.41, 5.74) is 7.09. The molecule has 1 aliphatic carbocycles. The van der Waals surface area contributed by atoms with Crippen molar-refractivity contribution in [1.82, 2.24) is 0 Å². The third-order valence-corrected chi connectivity index (χ3v) is 2.09. The summed E-state index contributed by atoms with van der Waals surface area (Å²) in [5, 5.41) is 9.54. The van der Waals surface area contributed by atoms with E-state index in [1.807, 2.05) is 0 Å². The van der Waals surface area contributed by atoms with Crippen LogP contribution in [0.2, 0.25) is 0 Å². The van der Waals surface area contributed by atoms with Crippen LogP contribution >= 0.6 is 0 Å². The first-order chi connectivity index (χ1) is 7.65. The quantitative estimate of drug-likeness (QED) is 0.424. The van der Waals surface area contributed by atoms with Crippen LogP contribution in [-0.4, -0.2) is 16.6 Å². The van der Waals surface area contributed by atoms with Crippen molar-refractivity contribution < 1.29 is 9.90 Å². The fraction of sp³-hybridized carbons (Fsp3) is 0. The highest BCUT2D eigenvalue weighted by Gasteiger charge is 2.03. The number of benzene rings is 1. The van der Waals surface area contributed by atoms with E-state index in [1.165, 1.54) is 18.2 Å². The minimum absolute atomic E-state index is 0.0559. The SMILES string of the molecule is Nc1ccc(O)c(N=C2C=CC(=O)C=C2)c1. The molecule has 0 amide bonds. The van der Waals surface area contributed by atoms with Gasteiger partial charge in [-0.05, 0) is 42.5 Å². The molecule has 0 saturated carbocycles. The van der Waals surface area contributed by atoms with Crippen molar-refractivity contribution in [3.63, 3.8) is 0 Å². The summed E-state index contributed by atoms with van der Waals surface area (Å²) >= 11 is 0. The van der Waals surface area contributed by atoms with Crippen molar-refractivity contribution in [2.75, 3.05) is 5.73 Å². The Morgan fingerprint density at radius 1 is 1.12 bits per heavy atom. The summed E-state index contributed by atoms with van der Waals surface area (Å²) in [4.78, 5) is 15.1. The van der Waals surface area contributed by atoms with Crippen LogP contribution in [0.3, 0.4) is 0 Å². The maximum Gasteiger partial charge on any atom is 0.178 e. The minimum atomic E-state index is -0.0734. The third kappa shape index (κ3) is 2.17. The first kappa shape index (κ1) is 10.2. The number of nitrogens with zero attached hydrogens (tertiary/aromatic N) is 1. The lowest BCUT2D eigenvalue weighted by molar-refractivity contribution is -0.110. The normalized spacial score (nSPS) is 14.2. The number of anilines is 1. The van der Waals surface area contributed by atoms with Gasteiger partial charge in [-0.1, -0.05) is 0 Å². The Morgan fingerprint density at radius 2 is 1.81 bits per heavy atom. The van der Waals surface area contributed by atoms with Gasteiger partial charge in [-0.15, -0.1) is 0 Å². The fourth-order valence-corrected chi connectivity index (χ4v) is 1.29. The Hall–Kier alpha value is -2.36. The number of nitrogens with two attached hydrogens (primary N) is 1. The molecule has 16 heavy (non-hydrogen) atoms. The van der Waals surface area contributed by atoms with Crippen molar-refractivity contribution in [2.45, 2.75) is 0 Å². The third-order valence-electron chi connectivity index (χ3n) is 2.09. The second-order valence-electron chi connectivity index (χ2n) is 3.35. The highest BCUT2D eigenvalue weighted by molar-refractivity contribution is 6.17. The number of phenols is 1. The van der Waals surface area contributed by atoms with E-state index in [2.05, 4.69) is 4.99 Å². The number of carbonyl (C=O) groups excluding carboxylic acids is 1. The zero-order chi connectivity index (χ0) is 11.5. The van der Waals surface area contributed by atoms with Gasteiger partial charge in [0, 0.05) is 5.69 Å². The van der Waals surface area contributed by atoms with Gasteiger partial charge in [0.1, 0.15) is 11.4 Å². The molecule has 0 saturated heterocycles. The highest BCUT2D eigenvalue weighted by atomic mass is 16.3. The summed E-state index contributed by atoms with van der Waals surface area (Å²) in [6, 6.07) is 4.64. The molecule has 4 nitrogen and oxygen atoms in total. The van der Waals surface area contributed by atoms with E-state index in [1.54, 1.807) is 24.3 Å². The first-order valence-corrected chi connectivity index (χ1v) is 4.72.